The maximum Gasteiger partial charge on any atom is 1.00 e. The monoisotopic (exact) mass is 206 g/mol. The van der Waals surface area contributed by atoms with Crippen LogP contribution in [0.5, 0.6) is 5.75 Å². The third-order valence-corrected chi connectivity index (χ3v) is 1.34. The Hall–Kier alpha value is -0.525. The zero-order valence-electron chi connectivity index (χ0n) is 8.54. The number of carbonyl (C=O) groups is 1. The van der Waals surface area contributed by atoms with Crippen molar-refractivity contribution in [2.75, 3.05) is 0 Å². The van der Waals surface area contributed by atoms with Gasteiger partial charge in [-0.1, -0.05) is 0 Å². The Kier molecular flexibility index (Phi) is 5.82. The zero-order chi connectivity index (χ0) is 9.84. The SMILES string of the molecule is O=C(O)c1ccc(OB(O)O)cc1.[H-].[Na+]. The number of benzene rings is 1. The van der Waals surface area contributed by atoms with Crippen molar-refractivity contribution in [3.63, 3.8) is 0 Å². The van der Waals surface area contributed by atoms with Crippen LogP contribution in [0.25, 0.3) is 0 Å². The van der Waals surface area contributed by atoms with E-state index in [9.17, 15) is 4.79 Å². The first-order valence-corrected chi connectivity index (χ1v) is 3.46. The van der Waals surface area contributed by atoms with Crippen LogP contribution in [0.4, 0.5) is 0 Å². The van der Waals surface area contributed by atoms with Gasteiger partial charge in [0, 0.05) is 0 Å². The van der Waals surface area contributed by atoms with Gasteiger partial charge < -0.3 is 21.2 Å². The van der Waals surface area contributed by atoms with Crippen molar-refractivity contribution in [3.05, 3.63) is 29.8 Å². The molecule has 3 N–H and O–H groups in total. The fourth-order valence-electron chi connectivity index (χ4n) is 0.798. The van der Waals surface area contributed by atoms with Crippen molar-refractivity contribution in [1.82, 2.24) is 0 Å². The van der Waals surface area contributed by atoms with Crippen LogP contribution in [0, 0.1) is 0 Å². The molecule has 70 valence electrons. The second-order valence-corrected chi connectivity index (χ2v) is 2.27. The molecule has 1 aromatic rings. The minimum absolute atomic E-state index is 0. The van der Waals surface area contributed by atoms with Crippen molar-refractivity contribution in [2.24, 2.45) is 0 Å². The Balaban J connectivity index is 0. The molecule has 0 heterocycles. The van der Waals surface area contributed by atoms with Crippen molar-refractivity contribution < 1.29 is 55.6 Å². The van der Waals surface area contributed by atoms with Gasteiger partial charge in [-0.15, -0.1) is 0 Å². The molecule has 0 saturated heterocycles. The van der Waals surface area contributed by atoms with Gasteiger partial charge >= 0.3 is 42.8 Å². The molecular formula is C7H8BNaO5. The Labute approximate surface area is 104 Å². The summed E-state index contributed by atoms with van der Waals surface area (Å²) in [5, 5.41) is 25.3. The van der Waals surface area contributed by atoms with Crippen LogP contribution < -0.4 is 34.2 Å². The van der Waals surface area contributed by atoms with Crippen LogP contribution in [0.1, 0.15) is 11.8 Å². The molecule has 0 amide bonds. The Bertz CT molecular complexity index is 305. The molecule has 0 unspecified atom stereocenters. The molecule has 0 aliphatic heterocycles. The molecule has 0 spiro atoms. The summed E-state index contributed by atoms with van der Waals surface area (Å²) in [5.74, 6) is -0.851. The third kappa shape index (κ3) is 4.12. The van der Waals surface area contributed by atoms with Crippen LogP contribution in [-0.4, -0.2) is 28.4 Å². The molecule has 1 aromatic carbocycles. The summed E-state index contributed by atoms with van der Waals surface area (Å²) in [7, 11) is -1.89. The Morgan fingerprint density at radius 3 is 2.14 bits per heavy atom. The van der Waals surface area contributed by atoms with Gasteiger partial charge in [-0.05, 0) is 24.3 Å². The van der Waals surface area contributed by atoms with Gasteiger partial charge in [0.2, 0.25) is 0 Å². The van der Waals surface area contributed by atoms with Gasteiger partial charge in [0.25, 0.3) is 0 Å². The summed E-state index contributed by atoms with van der Waals surface area (Å²) in [5.41, 5.74) is 0.111. The molecule has 0 radical (unpaired) electrons. The van der Waals surface area contributed by atoms with Gasteiger partial charge in [-0.3, -0.25) is 0 Å². The molecule has 0 aliphatic carbocycles. The number of aromatic carboxylic acids is 1. The smallest absolute Gasteiger partial charge is 1.00 e. The minimum atomic E-state index is -1.89. The molecule has 1 rings (SSSR count). The van der Waals surface area contributed by atoms with E-state index in [4.69, 9.17) is 15.2 Å². The summed E-state index contributed by atoms with van der Waals surface area (Å²) >= 11 is 0. The maximum absolute atomic E-state index is 10.4. The predicted octanol–water partition coefficient (Wildman–Crippen LogP) is -3.15. The molecule has 14 heavy (non-hydrogen) atoms. The number of carboxylic acids is 1. The third-order valence-electron chi connectivity index (χ3n) is 1.34. The number of rotatable bonds is 3. The van der Waals surface area contributed by atoms with Crippen LogP contribution >= 0.6 is 0 Å². The van der Waals surface area contributed by atoms with Crippen LogP contribution in [0.3, 0.4) is 0 Å². The van der Waals surface area contributed by atoms with Gasteiger partial charge in [0.05, 0.1) is 5.56 Å². The van der Waals surface area contributed by atoms with Crippen LogP contribution in [0.2, 0.25) is 0 Å². The van der Waals surface area contributed by atoms with Gasteiger partial charge in [0.15, 0.2) is 0 Å². The zero-order valence-corrected chi connectivity index (χ0v) is 9.54. The quantitative estimate of drug-likeness (QED) is 0.454. The van der Waals surface area contributed by atoms with Crippen molar-refractivity contribution in [2.45, 2.75) is 0 Å². The van der Waals surface area contributed by atoms with Gasteiger partial charge in [-0.2, -0.15) is 0 Å². The second kappa shape index (κ2) is 6.05. The number of carboxylic acid groups (broad SMARTS) is 1. The van der Waals surface area contributed by atoms with E-state index >= 15 is 0 Å². The van der Waals surface area contributed by atoms with E-state index in [0.717, 1.165) is 0 Å². The standard InChI is InChI=1S/C7H7BO5.Na.H/c9-7(10)5-1-3-6(4-2-5)13-8(11)12;;/h1-4,11-12H,(H,9,10);;/q;+1;-1. The molecule has 0 saturated carbocycles. The van der Waals surface area contributed by atoms with Gasteiger partial charge in [-0.25, -0.2) is 4.79 Å². The minimum Gasteiger partial charge on any atom is -1.00 e. The summed E-state index contributed by atoms with van der Waals surface area (Å²) < 4.78 is 4.47. The summed E-state index contributed by atoms with van der Waals surface area (Å²) in [4.78, 5) is 10.4. The number of hydrogen-bond donors (Lipinski definition) is 3. The summed E-state index contributed by atoms with van der Waals surface area (Å²) in [6, 6.07) is 5.28. The van der Waals surface area contributed by atoms with E-state index in [0.29, 0.717) is 0 Å². The Morgan fingerprint density at radius 2 is 1.79 bits per heavy atom. The van der Waals surface area contributed by atoms with E-state index < -0.39 is 13.3 Å². The van der Waals surface area contributed by atoms with Crippen LogP contribution in [-0.2, 0) is 0 Å². The molecular weight excluding hydrogens is 198 g/mol. The van der Waals surface area contributed by atoms with Crippen LogP contribution in [0.15, 0.2) is 24.3 Å². The van der Waals surface area contributed by atoms with E-state index in [1.165, 1.54) is 24.3 Å². The van der Waals surface area contributed by atoms with Gasteiger partial charge in [0.1, 0.15) is 5.75 Å². The molecule has 0 bridgehead atoms. The maximum atomic E-state index is 10.4. The second-order valence-electron chi connectivity index (χ2n) is 2.27. The molecule has 0 aromatic heterocycles. The summed E-state index contributed by atoms with van der Waals surface area (Å²) in [6.07, 6.45) is 0. The predicted molar refractivity (Wildman–Crippen MR) is 45.3 cm³/mol. The summed E-state index contributed by atoms with van der Waals surface area (Å²) in [6.45, 7) is 0. The number of hydrogen-bond acceptors (Lipinski definition) is 4. The normalized spacial score (nSPS) is 8.71. The molecule has 5 nitrogen and oxygen atoms in total. The first kappa shape index (κ1) is 13.5. The fraction of sp³-hybridized carbons (Fsp3) is 0. The first-order chi connectivity index (χ1) is 6.09. The largest absolute Gasteiger partial charge is 1.00 e. The molecule has 0 aliphatic rings. The van der Waals surface area contributed by atoms with E-state index in [2.05, 4.69) is 4.65 Å². The molecule has 7 heteroatoms. The first-order valence-electron chi connectivity index (χ1n) is 3.46. The van der Waals surface area contributed by atoms with Crippen molar-refractivity contribution in [1.29, 1.82) is 0 Å². The van der Waals surface area contributed by atoms with Crippen molar-refractivity contribution >= 4 is 13.3 Å². The van der Waals surface area contributed by atoms with E-state index in [-0.39, 0.29) is 42.3 Å². The molecule has 0 atom stereocenters. The Morgan fingerprint density at radius 1 is 1.29 bits per heavy atom. The topological polar surface area (TPSA) is 87.0 Å². The molecule has 0 fully saturated rings. The van der Waals surface area contributed by atoms with E-state index in [1.54, 1.807) is 0 Å². The van der Waals surface area contributed by atoms with Crippen molar-refractivity contribution in [3.8, 4) is 5.75 Å². The average molecular weight is 206 g/mol. The average Bonchev–Trinajstić information content (AvgIpc) is 2.04. The van der Waals surface area contributed by atoms with E-state index in [1.807, 2.05) is 0 Å². The fourth-order valence-corrected chi connectivity index (χ4v) is 0.798.